The van der Waals surface area contributed by atoms with E-state index in [1.807, 2.05) is 42.3 Å². The Morgan fingerprint density at radius 2 is 2.05 bits per heavy atom. The molecule has 3 nitrogen and oxygen atoms in total. The van der Waals surface area contributed by atoms with Crippen LogP contribution < -0.4 is 5.32 Å². The number of nitrogens with zero attached hydrogens (tertiary/aromatic N) is 1. The van der Waals surface area contributed by atoms with E-state index in [0.717, 1.165) is 5.56 Å². The van der Waals surface area contributed by atoms with Crippen molar-refractivity contribution in [2.75, 3.05) is 6.54 Å². The first-order valence-corrected chi connectivity index (χ1v) is 8.13. The highest BCUT2D eigenvalue weighted by atomic mass is 32.1. The number of nitrogens with one attached hydrogen (secondary N) is 1. The highest BCUT2D eigenvalue weighted by molar-refractivity contribution is 7.09. The van der Waals surface area contributed by atoms with Crippen molar-refractivity contribution in [3.63, 3.8) is 0 Å². The third kappa shape index (κ3) is 4.08. The van der Waals surface area contributed by atoms with E-state index < -0.39 is 0 Å². The summed E-state index contributed by atoms with van der Waals surface area (Å²) >= 11 is 1.68. The molecule has 0 bridgehead atoms. The normalized spacial score (nSPS) is 12.0. The molecule has 0 fully saturated rings. The highest BCUT2D eigenvalue weighted by Gasteiger charge is 2.16. The molecule has 1 N–H and O–H groups in total. The van der Waals surface area contributed by atoms with Gasteiger partial charge in [-0.1, -0.05) is 30.3 Å². The summed E-state index contributed by atoms with van der Waals surface area (Å²) in [5.74, 6) is 0. The SMILES string of the molecule is CCN(Cc1cccs1)C(=O)NC(C)c1ccccc1C. The molecular weight excluding hydrogens is 280 g/mol. The number of urea groups is 1. The first-order valence-electron chi connectivity index (χ1n) is 7.25. The van der Waals surface area contributed by atoms with E-state index in [1.165, 1.54) is 10.4 Å². The Balaban J connectivity index is 2.00. The van der Waals surface area contributed by atoms with Gasteiger partial charge < -0.3 is 10.2 Å². The van der Waals surface area contributed by atoms with Crippen molar-refractivity contribution in [3.05, 3.63) is 57.8 Å². The van der Waals surface area contributed by atoms with Crippen molar-refractivity contribution in [3.8, 4) is 0 Å². The topological polar surface area (TPSA) is 32.3 Å². The molecule has 1 atom stereocenters. The van der Waals surface area contributed by atoms with Gasteiger partial charge >= 0.3 is 6.03 Å². The second-order valence-electron chi connectivity index (χ2n) is 5.12. The van der Waals surface area contributed by atoms with Gasteiger partial charge in [-0.05, 0) is 43.3 Å². The molecular formula is C17H22N2OS. The Hall–Kier alpha value is -1.81. The predicted octanol–water partition coefficient (Wildman–Crippen LogP) is 4.35. The molecule has 112 valence electrons. The molecule has 0 saturated carbocycles. The average Bonchev–Trinajstić information content (AvgIpc) is 2.98. The quantitative estimate of drug-likeness (QED) is 0.875. The van der Waals surface area contributed by atoms with Gasteiger partial charge in [0.2, 0.25) is 0 Å². The second-order valence-corrected chi connectivity index (χ2v) is 6.15. The fourth-order valence-corrected chi connectivity index (χ4v) is 3.06. The van der Waals surface area contributed by atoms with Crippen LogP contribution in [0.1, 0.15) is 35.9 Å². The first kappa shape index (κ1) is 15.6. The van der Waals surface area contributed by atoms with Crippen molar-refractivity contribution < 1.29 is 4.79 Å². The van der Waals surface area contributed by atoms with Crippen molar-refractivity contribution in [1.82, 2.24) is 10.2 Å². The summed E-state index contributed by atoms with van der Waals surface area (Å²) in [6.45, 7) is 7.47. The van der Waals surface area contributed by atoms with Crippen LogP contribution >= 0.6 is 11.3 Å². The van der Waals surface area contributed by atoms with Crippen LogP contribution in [0.2, 0.25) is 0 Å². The zero-order valence-corrected chi connectivity index (χ0v) is 13.6. The molecule has 4 heteroatoms. The van der Waals surface area contributed by atoms with Gasteiger partial charge in [-0.15, -0.1) is 11.3 Å². The number of thiophene rings is 1. The lowest BCUT2D eigenvalue weighted by atomic mass is 10.0. The summed E-state index contributed by atoms with van der Waals surface area (Å²) in [7, 11) is 0. The zero-order valence-electron chi connectivity index (χ0n) is 12.8. The van der Waals surface area contributed by atoms with Crippen molar-refractivity contribution in [2.45, 2.75) is 33.4 Å². The molecule has 0 aliphatic rings. The summed E-state index contributed by atoms with van der Waals surface area (Å²) in [6, 6.07) is 12.2. The van der Waals surface area contributed by atoms with E-state index in [2.05, 4.69) is 30.4 Å². The minimum atomic E-state index is -0.0124. The molecule has 0 aliphatic heterocycles. The Morgan fingerprint density at radius 1 is 1.29 bits per heavy atom. The van der Waals surface area contributed by atoms with Crippen LogP contribution in [0.4, 0.5) is 4.79 Å². The van der Waals surface area contributed by atoms with Gasteiger partial charge in [0.05, 0.1) is 12.6 Å². The maximum absolute atomic E-state index is 12.4. The molecule has 21 heavy (non-hydrogen) atoms. The maximum atomic E-state index is 12.4. The largest absolute Gasteiger partial charge is 0.331 e. The summed E-state index contributed by atoms with van der Waals surface area (Å²) in [6.07, 6.45) is 0. The number of aryl methyl sites for hydroxylation is 1. The number of benzene rings is 1. The third-order valence-corrected chi connectivity index (χ3v) is 4.45. The number of carbonyl (C=O) groups is 1. The van der Waals surface area contributed by atoms with Crippen LogP contribution in [0.3, 0.4) is 0 Å². The lowest BCUT2D eigenvalue weighted by Gasteiger charge is -2.24. The fraction of sp³-hybridized carbons (Fsp3) is 0.353. The molecule has 1 aromatic carbocycles. The van der Waals surface area contributed by atoms with Crippen LogP contribution in [0, 0.1) is 6.92 Å². The Labute approximate surface area is 130 Å². The molecule has 1 unspecified atom stereocenters. The lowest BCUT2D eigenvalue weighted by molar-refractivity contribution is 0.195. The van der Waals surface area contributed by atoms with E-state index in [0.29, 0.717) is 13.1 Å². The third-order valence-electron chi connectivity index (χ3n) is 3.59. The van der Waals surface area contributed by atoms with Crippen LogP contribution in [0.15, 0.2) is 41.8 Å². The van der Waals surface area contributed by atoms with Crippen molar-refractivity contribution >= 4 is 17.4 Å². The summed E-state index contributed by atoms with van der Waals surface area (Å²) in [5.41, 5.74) is 2.37. The van der Waals surface area contributed by atoms with Crippen LogP contribution in [0.25, 0.3) is 0 Å². The van der Waals surface area contributed by atoms with E-state index in [9.17, 15) is 4.79 Å². The summed E-state index contributed by atoms with van der Waals surface area (Å²) in [4.78, 5) is 15.5. The van der Waals surface area contributed by atoms with Gasteiger partial charge in [0.1, 0.15) is 0 Å². The number of amides is 2. The Morgan fingerprint density at radius 3 is 2.67 bits per heavy atom. The number of carbonyl (C=O) groups excluding carboxylic acids is 1. The maximum Gasteiger partial charge on any atom is 0.318 e. The van der Waals surface area contributed by atoms with E-state index >= 15 is 0 Å². The minimum Gasteiger partial charge on any atom is -0.331 e. The molecule has 2 rings (SSSR count). The second kappa shape index (κ2) is 7.27. The first-order chi connectivity index (χ1) is 10.1. The Kier molecular flexibility index (Phi) is 5.39. The van der Waals surface area contributed by atoms with Crippen LogP contribution in [-0.2, 0) is 6.54 Å². The van der Waals surface area contributed by atoms with Gasteiger partial charge in [0, 0.05) is 11.4 Å². The minimum absolute atomic E-state index is 0.0103. The van der Waals surface area contributed by atoms with E-state index in [-0.39, 0.29) is 12.1 Å². The molecule has 0 spiro atoms. The van der Waals surface area contributed by atoms with Crippen molar-refractivity contribution in [2.24, 2.45) is 0 Å². The molecule has 1 heterocycles. The lowest BCUT2D eigenvalue weighted by Crippen LogP contribution is -2.40. The zero-order chi connectivity index (χ0) is 15.2. The monoisotopic (exact) mass is 302 g/mol. The predicted molar refractivity (Wildman–Crippen MR) is 88.5 cm³/mol. The Bertz CT molecular complexity index is 580. The number of hydrogen-bond acceptors (Lipinski definition) is 2. The number of hydrogen-bond donors (Lipinski definition) is 1. The van der Waals surface area contributed by atoms with Gasteiger partial charge in [-0.25, -0.2) is 4.79 Å². The fourth-order valence-electron chi connectivity index (χ4n) is 2.34. The smallest absolute Gasteiger partial charge is 0.318 e. The van der Waals surface area contributed by atoms with E-state index in [1.54, 1.807) is 11.3 Å². The molecule has 0 aliphatic carbocycles. The van der Waals surface area contributed by atoms with Crippen molar-refractivity contribution in [1.29, 1.82) is 0 Å². The standard InChI is InChI=1S/C17H22N2OS/c1-4-19(12-15-9-7-11-21-15)17(20)18-14(3)16-10-6-5-8-13(16)2/h5-11,14H,4,12H2,1-3H3,(H,18,20). The summed E-state index contributed by atoms with van der Waals surface area (Å²) < 4.78 is 0. The molecule has 1 aromatic heterocycles. The van der Waals surface area contributed by atoms with Gasteiger partial charge in [0.25, 0.3) is 0 Å². The van der Waals surface area contributed by atoms with Gasteiger partial charge in [-0.2, -0.15) is 0 Å². The summed E-state index contributed by atoms with van der Waals surface area (Å²) in [5, 5.41) is 5.13. The average molecular weight is 302 g/mol. The van der Waals surface area contributed by atoms with E-state index in [4.69, 9.17) is 0 Å². The van der Waals surface area contributed by atoms with Crippen LogP contribution in [-0.4, -0.2) is 17.5 Å². The van der Waals surface area contributed by atoms with Gasteiger partial charge in [-0.3, -0.25) is 0 Å². The van der Waals surface area contributed by atoms with Gasteiger partial charge in [0.15, 0.2) is 0 Å². The number of rotatable bonds is 5. The molecule has 0 saturated heterocycles. The highest BCUT2D eigenvalue weighted by Crippen LogP contribution is 2.18. The van der Waals surface area contributed by atoms with Crippen LogP contribution in [0.5, 0.6) is 0 Å². The molecule has 2 amide bonds. The molecule has 2 aromatic rings. The molecule has 0 radical (unpaired) electrons.